The third kappa shape index (κ3) is 2.86. The smallest absolute Gasteiger partial charge is 0.335 e. The molecule has 1 aromatic heterocycles. The zero-order valence-electron chi connectivity index (χ0n) is 12.0. The van der Waals surface area contributed by atoms with Gasteiger partial charge in [0.1, 0.15) is 0 Å². The molecule has 0 bridgehead atoms. The summed E-state index contributed by atoms with van der Waals surface area (Å²) < 4.78 is 1.73. The van der Waals surface area contributed by atoms with Gasteiger partial charge in [0.25, 0.3) is 0 Å². The molecule has 2 N–H and O–H groups in total. The van der Waals surface area contributed by atoms with Gasteiger partial charge in [0.15, 0.2) is 0 Å². The lowest BCUT2D eigenvalue weighted by atomic mass is 9.87. The standard InChI is InChI=1S/C16H20N2O3/c19-15(20)12-6-7-14-13(10-12)17-16(21)18(14)9-8-11-4-2-1-3-5-11/h6-7,10-11H,1-5,8-9H2,(H,17,21)(H,19,20). The minimum Gasteiger partial charge on any atom is -0.478 e. The summed E-state index contributed by atoms with van der Waals surface area (Å²) >= 11 is 0. The molecule has 0 spiro atoms. The maximum Gasteiger partial charge on any atom is 0.335 e. The van der Waals surface area contributed by atoms with Crippen molar-refractivity contribution in [3.8, 4) is 0 Å². The molecule has 1 fully saturated rings. The van der Waals surface area contributed by atoms with E-state index < -0.39 is 5.97 Å². The Bertz CT molecular complexity index is 708. The number of aryl methyl sites for hydroxylation is 1. The Morgan fingerprint density at radius 3 is 2.76 bits per heavy atom. The van der Waals surface area contributed by atoms with Gasteiger partial charge >= 0.3 is 11.7 Å². The fraction of sp³-hybridized carbons (Fsp3) is 0.500. The average Bonchev–Trinajstić information content (AvgIpc) is 2.80. The number of carboxylic acids is 1. The van der Waals surface area contributed by atoms with E-state index in [1.807, 2.05) is 0 Å². The number of carboxylic acid groups (broad SMARTS) is 1. The van der Waals surface area contributed by atoms with Crippen molar-refractivity contribution >= 4 is 17.0 Å². The quantitative estimate of drug-likeness (QED) is 0.908. The Morgan fingerprint density at radius 1 is 1.29 bits per heavy atom. The number of hydrogen-bond acceptors (Lipinski definition) is 2. The van der Waals surface area contributed by atoms with Gasteiger partial charge in [-0.3, -0.25) is 4.57 Å². The van der Waals surface area contributed by atoms with Crippen molar-refractivity contribution in [3.05, 3.63) is 34.2 Å². The summed E-state index contributed by atoms with van der Waals surface area (Å²) in [5.74, 6) is -0.262. The number of benzene rings is 1. The molecule has 1 aromatic carbocycles. The molecule has 0 unspecified atom stereocenters. The van der Waals surface area contributed by atoms with Gasteiger partial charge in [0, 0.05) is 6.54 Å². The number of aromatic carboxylic acids is 1. The predicted octanol–water partition coefficient (Wildman–Crippen LogP) is 3.00. The first kappa shape index (κ1) is 13.9. The second kappa shape index (κ2) is 5.76. The summed E-state index contributed by atoms with van der Waals surface area (Å²) in [6.45, 7) is 0.704. The molecule has 21 heavy (non-hydrogen) atoms. The van der Waals surface area contributed by atoms with Crippen LogP contribution in [-0.2, 0) is 6.54 Å². The van der Waals surface area contributed by atoms with E-state index >= 15 is 0 Å². The minimum atomic E-state index is -0.979. The van der Waals surface area contributed by atoms with Crippen LogP contribution >= 0.6 is 0 Å². The van der Waals surface area contributed by atoms with Gasteiger partial charge in [-0.2, -0.15) is 0 Å². The van der Waals surface area contributed by atoms with Gasteiger partial charge in [-0.15, -0.1) is 0 Å². The third-order valence-electron chi connectivity index (χ3n) is 4.51. The van der Waals surface area contributed by atoms with Crippen LogP contribution < -0.4 is 5.69 Å². The van der Waals surface area contributed by atoms with Crippen molar-refractivity contribution in [1.82, 2.24) is 9.55 Å². The zero-order valence-corrected chi connectivity index (χ0v) is 12.0. The molecule has 5 nitrogen and oxygen atoms in total. The highest BCUT2D eigenvalue weighted by molar-refractivity contribution is 5.92. The molecule has 0 saturated heterocycles. The number of nitrogens with one attached hydrogen (secondary N) is 1. The number of nitrogens with zero attached hydrogens (tertiary/aromatic N) is 1. The van der Waals surface area contributed by atoms with Crippen LogP contribution in [0.2, 0.25) is 0 Å². The Labute approximate surface area is 122 Å². The molecule has 112 valence electrons. The van der Waals surface area contributed by atoms with Crippen molar-refractivity contribution in [2.45, 2.75) is 45.1 Å². The Morgan fingerprint density at radius 2 is 2.05 bits per heavy atom. The van der Waals surface area contributed by atoms with Crippen LogP contribution in [0.5, 0.6) is 0 Å². The van der Waals surface area contributed by atoms with Crippen LogP contribution in [0.1, 0.15) is 48.9 Å². The van der Waals surface area contributed by atoms with Crippen LogP contribution in [0, 0.1) is 5.92 Å². The molecule has 3 rings (SSSR count). The van der Waals surface area contributed by atoms with Gasteiger partial charge in [0.2, 0.25) is 0 Å². The van der Waals surface area contributed by atoms with E-state index in [9.17, 15) is 9.59 Å². The number of carbonyl (C=O) groups is 1. The maximum absolute atomic E-state index is 12.1. The zero-order chi connectivity index (χ0) is 14.8. The summed E-state index contributed by atoms with van der Waals surface area (Å²) in [4.78, 5) is 25.8. The van der Waals surface area contributed by atoms with Gasteiger partial charge in [-0.25, -0.2) is 9.59 Å². The molecule has 2 aromatic rings. The van der Waals surface area contributed by atoms with Crippen molar-refractivity contribution in [1.29, 1.82) is 0 Å². The number of H-pyrrole nitrogens is 1. The van der Waals surface area contributed by atoms with Gasteiger partial charge in [0.05, 0.1) is 16.6 Å². The Balaban J connectivity index is 1.82. The fourth-order valence-corrected chi connectivity index (χ4v) is 3.31. The molecule has 0 radical (unpaired) electrons. The van der Waals surface area contributed by atoms with Crippen molar-refractivity contribution in [2.24, 2.45) is 5.92 Å². The lowest BCUT2D eigenvalue weighted by Crippen LogP contribution is -2.19. The number of hydrogen-bond donors (Lipinski definition) is 2. The van der Waals surface area contributed by atoms with Gasteiger partial charge < -0.3 is 10.1 Å². The summed E-state index contributed by atoms with van der Waals surface area (Å²) in [5.41, 5.74) is 1.44. The molecule has 1 heterocycles. The van der Waals surface area contributed by atoms with E-state index in [0.717, 1.165) is 11.9 Å². The highest BCUT2D eigenvalue weighted by Crippen LogP contribution is 2.27. The Hall–Kier alpha value is -2.04. The van der Waals surface area contributed by atoms with Crippen LogP contribution in [0.4, 0.5) is 0 Å². The summed E-state index contributed by atoms with van der Waals surface area (Å²) in [5, 5.41) is 9.00. The topological polar surface area (TPSA) is 75.1 Å². The number of rotatable bonds is 4. The van der Waals surface area contributed by atoms with Crippen molar-refractivity contribution in [3.63, 3.8) is 0 Å². The molecular weight excluding hydrogens is 268 g/mol. The predicted molar refractivity (Wildman–Crippen MR) is 80.7 cm³/mol. The first-order chi connectivity index (χ1) is 10.1. The van der Waals surface area contributed by atoms with E-state index in [1.54, 1.807) is 16.7 Å². The molecule has 0 atom stereocenters. The molecular formula is C16H20N2O3. The lowest BCUT2D eigenvalue weighted by molar-refractivity contribution is 0.0697. The van der Waals surface area contributed by atoms with Crippen LogP contribution in [0.3, 0.4) is 0 Å². The van der Waals surface area contributed by atoms with Gasteiger partial charge in [-0.05, 0) is 30.5 Å². The second-order valence-corrected chi connectivity index (χ2v) is 5.91. The SMILES string of the molecule is O=C(O)c1ccc2c(c1)[nH]c(=O)n2CCC1CCCCC1. The normalized spacial score (nSPS) is 16.4. The summed E-state index contributed by atoms with van der Waals surface area (Å²) in [7, 11) is 0. The summed E-state index contributed by atoms with van der Waals surface area (Å²) in [6, 6.07) is 4.79. The fourth-order valence-electron chi connectivity index (χ4n) is 3.31. The molecule has 1 aliphatic rings. The monoisotopic (exact) mass is 288 g/mol. The molecule has 0 amide bonds. The number of imidazole rings is 1. The summed E-state index contributed by atoms with van der Waals surface area (Å²) in [6.07, 6.45) is 7.49. The van der Waals surface area contributed by atoms with Crippen LogP contribution in [0.25, 0.3) is 11.0 Å². The molecule has 0 aliphatic heterocycles. The van der Waals surface area contributed by atoms with Crippen LogP contribution in [-0.4, -0.2) is 20.6 Å². The maximum atomic E-state index is 12.1. The average molecular weight is 288 g/mol. The lowest BCUT2D eigenvalue weighted by Gasteiger charge is -2.21. The van der Waals surface area contributed by atoms with E-state index in [-0.39, 0.29) is 11.3 Å². The first-order valence-electron chi connectivity index (χ1n) is 7.61. The number of aromatic nitrogens is 2. The van der Waals surface area contributed by atoms with E-state index in [0.29, 0.717) is 18.0 Å². The molecule has 1 saturated carbocycles. The first-order valence-corrected chi connectivity index (χ1v) is 7.61. The van der Waals surface area contributed by atoms with E-state index in [4.69, 9.17) is 5.11 Å². The second-order valence-electron chi connectivity index (χ2n) is 5.91. The number of aromatic amines is 1. The van der Waals surface area contributed by atoms with E-state index in [2.05, 4.69) is 4.98 Å². The van der Waals surface area contributed by atoms with E-state index in [1.165, 1.54) is 38.2 Å². The highest BCUT2D eigenvalue weighted by Gasteiger charge is 2.15. The van der Waals surface area contributed by atoms with Crippen molar-refractivity contribution < 1.29 is 9.90 Å². The number of fused-ring (bicyclic) bond motifs is 1. The third-order valence-corrected chi connectivity index (χ3v) is 4.51. The van der Waals surface area contributed by atoms with Crippen molar-refractivity contribution in [2.75, 3.05) is 0 Å². The Kier molecular flexibility index (Phi) is 3.82. The molecule has 1 aliphatic carbocycles. The molecule has 5 heteroatoms. The largest absolute Gasteiger partial charge is 0.478 e. The highest BCUT2D eigenvalue weighted by atomic mass is 16.4. The van der Waals surface area contributed by atoms with Crippen LogP contribution in [0.15, 0.2) is 23.0 Å². The van der Waals surface area contributed by atoms with Gasteiger partial charge in [-0.1, -0.05) is 32.1 Å². The minimum absolute atomic E-state index is 0.150.